The zero-order valence-corrected chi connectivity index (χ0v) is 13.4. The van der Waals surface area contributed by atoms with E-state index in [1.807, 2.05) is 42.5 Å². The number of nitrogens with zero attached hydrogens (tertiary/aromatic N) is 2. The zero-order valence-electron chi connectivity index (χ0n) is 13.4. The van der Waals surface area contributed by atoms with Gasteiger partial charge in [-0.15, -0.1) is 0 Å². The summed E-state index contributed by atoms with van der Waals surface area (Å²) < 4.78 is 0. The first-order chi connectivity index (χ1) is 11.8. The number of nitrogens with one attached hydrogen (secondary N) is 1. The van der Waals surface area contributed by atoms with Gasteiger partial charge < -0.3 is 5.32 Å². The SMILES string of the molecule is O=C(c1ncc2ccccc2n1)C1CCNC(c2ccccc2)C1. The van der Waals surface area contributed by atoms with E-state index in [0.29, 0.717) is 5.82 Å². The van der Waals surface area contributed by atoms with Crippen molar-refractivity contribution in [2.24, 2.45) is 5.92 Å². The lowest BCUT2D eigenvalue weighted by Gasteiger charge is -2.29. The number of benzene rings is 2. The van der Waals surface area contributed by atoms with E-state index in [2.05, 4.69) is 27.4 Å². The van der Waals surface area contributed by atoms with E-state index in [1.54, 1.807) is 6.20 Å². The molecular formula is C20H19N3O. The van der Waals surface area contributed by atoms with Crippen LogP contribution in [-0.2, 0) is 0 Å². The Morgan fingerprint density at radius 2 is 1.83 bits per heavy atom. The highest BCUT2D eigenvalue weighted by atomic mass is 16.1. The van der Waals surface area contributed by atoms with Crippen LogP contribution in [0.1, 0.15) is 35.1 Å². The number of carbonyl (C=O) groups is 1. The molecule has 0 bridgehead atoms. The maximum Gasteiger partial charge on any atom is 0.203 e. The van der Waals surface area contributed by atoms with Gasteiger partial charge in [0.15, 0.2) is 5.82 Å². The van der Waals surface area contributed by atoms with Crippen molar-refractivity contribution in [2.75, 3.05) is 6.54 Å². The highest BCUT2D eigenvalue weighted by Gasteiger charge is 2.29. The fourth-order valence-corrected chi connectivity index (χ4v) is 3.37. The monoisotopic (exact) mass is 317 g/mol. The third kappa shape index (κ3) is 2.93. The molecule has 0 amide bonds. The van der Waals surface area contributed by atoms with Crippen molar-refractivity contribution in [3.63, 3.8) is 0 Å². The molecule has 0 aliphatic carbocycles. The first kappa shape index (κ1) is 15.0. The van der Waals surface area contributed by atoms with Crippen molar-refractivity contribution in [1.29, 1.82) is 0 Å². The lowest BCUT2D eigenvalue weighted by Crippen LogP contribution is -2.35. The molecule has 1 fully saturated rings. The number of Topliss-reactive ketones (excluding diaryl/α,β-unsaturated/α-hetero) is 1. The normalized spacial score (nSPS) is 20.8. The molecule has 24 heavy (non-hydrogen) atoms. The largest absolute Gasteiger partial charge is 0.310 e. The second-order valence-corrected chi connectivity index (χ2v) is 6.26. The van der Waals surface area contributed by atoms with Crippen molar-refractivity contribution in [1.82, 2.24) is 15.3 Å². The molecule has 0 saturated carbocycles. The van der Waals surface area contributed by atoms with Crippen LogP contribution in [0, 0.1) is 5.92 Å². The van der Waals surface area contributed by atoms with Gasteiger partial charge in [0, 0.05) is 23.5 Å². The standard InChI is InChI=1S/C20H19N3O/c24-19(20-22-13-16-8-4-5-9-17(16)23-20)15-10-11-21-18(12-15)14-6-2-1-3-7-14/h1-9,13,15,18,21H,10-12H2. The fraction of sp³-hybridized carbons (Fsp3) is 0.250. The summed E-state index contributed by atoms with van der Waals surface area (Å²) >= 11 is 0. The van der Waals surface area contributed by atoms with E-state index < -0.39 is 0 Å². The summed E-state index contributed by atoms with van der Waals surface area (Å²) in [4.78, 5) is 21.6. The minimum atomic E-state index is -0.0300. The molecule has 4 nitrogen and oxygen atoms in total. The maximum absolute atomic E-state index is 12.9. The summed E-state index contributed by atoms with van der Waals surface area (Å²) in [6.45, 7) is 0.837. The molecule has 1 N–H and O–H groups in total. The Balaban J connectivity index is 1.56. The second-order valence-electron chi connectivity index (χ2n) is 6.26. The minimum Gasteiger partial charge on any atom is -0.310 e. The van der Waals surface area contributed by atoms with Gasteiger partial charge in [-0.1, -0.05) is 48.5 Å². The highest BCUT2D eigenvalue weighted by Crippen LogP contribution is 2.29. The summed E-state index contributed by atoms with van der Waals surface area (Å²) in [5, 5.41) is 4.47. The average Bonchev–Trinajstić information content (AvgIpc) is 2.68. The molecule has 4 rings (SSSR count). The Labute approximate surface area is 141 Å². The lowest BCUT2D eigenvalue weighted by atomic mass is 9.85. The molecule has 2 aromatic carbocycles. The van der Waals surface area contributed by atoms with Crippen LogP contribution in [0.4, 0.5) is 0 Å². The van der Waals surface area contributed by atoms with E-state index in [0.717, 1.165) is 30.3 Å². The Morgan fingerprint density at radius 3 is 2.71 bits per heavy atom. The number of carbonyl (C=O) groups excluding carboxylic acids is 1. The van der Waals surface area contributed by atoms with E-state index >= 15 is 0 Å². The number of piperidine rings is 1. The summed E-state index contributed by atoms with van der Waals surface area (Å²) in [5.41, 5.74) is 2.05. The zero-order chi connectivity index (χ0) is 16.4. The van der Waals surface area contributed by atoms with Crippen LogP contribution in [0.25, 0.3) is 10.9 Å². The van der Waals surface area contributed by atoms with Gasteiger partial charge in [-0.05, 0) is 31.0 Å². The highest BCUT2D eigenvalue weighted by molar-refractivity contribution is 5.96. The number of hydrogen-bond acceptors (Lipinski definition) is 4. The Bertz CT molecular complexity index is 863. The Morgan fingerprint density at radius 1 is 1.04 bits per heavy atom. The van der Waals surface area contributed by atoms with E-state index in [1.165, 1.54) is 5.56 Å². The van der Waals surface area contributed by atoms with Crippen LogP contribution in [0.2, 0.25) is 0 Å². The molecule has 2 unspecified atom stereocenters. The van der Waals surface area contributed by atoms with Crippen molar-refractivity contribution < 1.29 is 4.79 Å². The molecule has 3 aromatic rings. The summed E-state index contributed by atoms with van der Waals surface area (Å²) in [5.74, 6) is 0.369. The number of fused-ring (bicyclic) bond motifs is 1. The summed E-state index contributed by atoms with van der Waals surface area (Å²) in [7, 11) is 0. The molecule has 2 atom stereocenters. The first-order valence-corrected chi connectivity index (χ1v) is 8.35. The third-order valence-corrected chi connectivity index (χ3v) is 4.69. The fourth-order valence-electron chi connectivity index (χ4n) is 3.37. The van der Waals surface area contributed by atoms with Crippen molar-refractivity contribution >= 4 is 16.7 Å². The molecular weight excluding hydrogens is 298 g/mol. The third-order valence-electron chi connectivity index (χ3n) is 4.69. The average molecular weight is 317 g/mol. The topological polar surface area (TPSA) is 54.9 Å². The molecule has 120 valence electrons. The van der Waals surface area contributed by atoms with Gasteiger partial charge in [0.2, 0.25) is 5.78 Å². The molecule has 1 aliphatic rings. The Kier molecular flexibility index (Phi) is 4.05. The smallest absolute Gasteiger partial charge is 0.203 e. The Hall–Kier alpha value is -2.59. The van der Waals surface area contributed by atoms with Crippen LogP contribution in [0.3, 0.4) is 0 Å². The van der Waals surface area contributed by atoms with Crippen molar-refractivity contribution in [3.8, 4) is 0 Å². The van der Waals surface area contributed by atoms with E-state index in [-0.39, 0.29) is 17.7 Å². The minimum absolute atomic E-state index is 0.0300. The maximum atomic E-state index is 12.9. The first-order valence-electron chi connectivity index (χ1n) is 8.35. The molecule has 0 spiro atoms. The molecule has 1 aliphatic heterocycles. The second kappa shape index (κ2) is 6.49. The molecule has 2 heterocycles. The predicted molar refractivity (Wildman–Crippen MR) is 93.8 cm³/mol. The van der Waals surface area contributed by atoms with Crippen molar-refractivity contribution in [2.45, 2.75) is 18.9 Å². The van der Waals surface area contributed by atoms with Gasteiger partial charge in [0.05, 0.1) is 5.52 Å². The van der Waals surface area contributed by atoms with Crippen LogP contribution in [0.15, 0.2) is 60.8 Å². The summed E-state index contributed by atoms with van der Waals surface area (Å²) in [6, 6.07) is 18.3. The summed E-state index contributed by atoms with van der Waals surface area (Å²) in [6.07, 6.45) is 3.36. The van der Waals surface area contributed by atoms with Gasteiger partial charge in [0.25, 0.3) is 0 Å². The molecule has 0 radical (unpaired) electrons. The van der Waals surface area contributed by atoms with Crippen molar-refractivity contribution in [3.05, 3.63) is 72.2 Å². The molecule has 1 saturated heterocycles. The number of hydrogen-bond donors (Lipinski definition) is 1. The predicted octanol–water partition coefficient (Wildman–Crippen LogP) is 3.55. The molecule has 4 heteroatoms. The van der Waals surface area contributed by atoms with Gasteiger partial charge in [-0.3, -0.25) is 4.79 Å². The number of rotatable bonds is 3. The van der Waals surface area contributed by atoms with Gasteiger partial charge in [-0.2, -0.15) is 0 Å². The van der Waals surface area contributed by atoms with Crippen LogP contribution < -0.4 is 5.32 Å². The van der Waals surface area contributed by atoms with Gasteiger partial charge >= 0.3 is 0 Å². The number of ketones is 1. The number of para-hydroxylation sites is 1. The van der Waals surface area contributed by atoms with Gasteiger partial charge in [-0.25, -0.2) is 9.97 Å². The van der Waals surface area contributed by atoms with Crippen LogP contribution in [-0.4, -0.2) is 22.3 Å². The lowest BCUT2D eigenvalue weighted by molar-refractivity contribution is 0.0868. The molecule has 1 aromatic heterocycles. The van der Waals surface area contributed by atoms with E-state index in [4.69, 9.17) is 0 Å². The van der Waals surface area contributed by atoms with E-state index in [9.17, 15) is 4.79 Å². The van der Waals surface area contributed by atoms with Crippen LogP contribution in [0.5, 0.6) is 0 Å². The quantitative estimate of drug-likeness (QED) is 0.751. The van der Waals surface area contributed by atoms with Gasteiger partial charge in [0.1, 0.15) is 0 Å². The van der Waals surface area contributed by atoms with Crippen LogP contribution >= 0.6 is 0 Å². The number of aromatic nitrogens is 2.